The molecule has 2 aromatic rings. The first-order chi connectivity index (χ1) is 11.9. The van der Waals surface area contributed by atoms with Crippen LogP contribution in [-0.4, -0.2) is 17.8 Å². The van der Waals surface area contributed by atoms with Crippen molar-refractivity contribution in [3.63, 3.8) is 0 Å². The standard InChI is InChI=1S/C19H18Cl2N2O2/c1-11-7-9-14(10-8-11)23(13(3)24)19-12(2)18(22-25-19)17-15(20)5-4-6-16(17)21/h4-10,12,19H,1-3H3/t12-,19+/m1/s1. The van der Waals surface area contributed by atoms with E-state index in [9.17, 15) is 4.79 Å². The molecule has 6 heteroatoms. The van der Waals surface area contributed by atoms with E-state index in [1.54, 1.807) is 23.1 Å². The molecule has 0 unspecified atom stereocenters. The summed E-state index contributed by atoms with van der Waals surface area (Å²) in [6.07, 6.45) is -0.553. The van der Waals surface area contributed by atoms with Gasteiger partial charge in [0.05, 0.1) is 21.7 Å². The maximum atomic E-state index is 12.3. The Hall–Kier alpha value is -2.04. The summed E-state index contributed by atoms with van der Waals surface area (Å²) in [6.45, 7) is 5.45. The van der Waals surface area contributed by atoms with Crippen LogP contribution >= 0.6 is 23.2 Å². The number of benzene rings is 2. The van der Waals surface area contributed by atoms with Gasteiger partial charge in [0.2, 0.25) is 12.1 Å². The molecule has 4 nitrogen and oxygen atoms in total. The lowest BCUT2D eigenvalue weighted by atomic mass is 9.96. The van der Waals surface area contributed by atoms with Crippen molar-refractivity contribution in [2.45, 2.75) is 27.0 Å². The molecule has 0 fully saturated rings. The van der Waals surface area contributed by atoms with Crippen LogP contribution in [0.4, 0.5) is 5.69 Å². The quantitative estimate of drug-likeness (QED) is 0.751. The predicted molar refractivity (Wildman–Crippen MR) is 101 cm³/mol. The fourth-order valence-electron chi connectivity index (χ4n) is 2.92. The SMILES string of the molecule is CC(=O)N(c1ccc(C)cc1)[C@H]1ON=C(c2c(Cl)cccc2Cl)[C@H]1C. The Labute approximate surface area is 157 Å². The predicted octanol–water partition coefficient (Wildman–Crippen LogP) is 5.05. The van der Waals surface area contributed by atoms with Gasteiger partial charge in [-0.15, -0.1) is 0 Å². The lowest BCUT2D eigenvalue weighted by Crippen LogP contribution is -2.43. The van der Waals surface area contributed by atoms with Gasteiger partial charge in [-0.1, -0.05) is 59.0 Å². The van der Waals surface area contributed by atoms with Gasteiger partial charge in [0.25, 0.3) is 0 Å². The first-order valence-electron chi connectivity index (χ1n) is 7.94. The van der Waals surface area contributed by atoms with Crippen LogP contribution in [0.3, 0.4) is 0 Å². The van der Waals surface area contributed by atoms with E-state index in [1.165, 1.54) is 6.92 Å². The maximum Gasteiger partial charge on any atom is 0.226 e. The molecule has 0 bridgehead atoms. The highest BCUT2D eigenvalue weighted by molar-refractivity contribution is 6.40. The number of hydrogen-bond acceptors (Lipinski definition) is 3. The third-order valence-electron chi connectivity index (χ3n) is 4.24. The molecule has 0 aromatic heterocycles. The van der Waals surface area contributed by atoms with Crippen LogP contribution < -0.4 is 4.90 Å². The zero-order valence-corrected chi connectivity index (χ0v) is 15.7. The molecular formula is C19H18Cl2N2O2. The molecule has 0 aliphatic carbocycles. The molecule has 1 heterocycles. The second-order valence-electron chi connectivity index (χ2n) is 6.08. The average molecular weight is 377 g/mol. The van der Waals surface area contributed by atoms with Crippen molar-refractivity contribution in [2.24, 2.45) is 11.1 Å². The lowest BCUT2D eigenvalue weighted by molar-refractivity contribution is -0.119. The first-order valence-corrected chi connectivity index (χ1v) is 8.70. The molecule has 1 aliphatic heterocycles. The zero-order valence-electron chi connectivity index (χ0n) is 14.2. The minimum atomic E-state index is -0.553. The van der Waals surface area contributed by atoms with E-state index in [-0.39, 0.29) is 11.8 Å². The van der Waals surface area contributed by atoms with Crippen molar-refractivity contribution in [3.8, 4) is 0 Å². The summed E-state index contributed by atoms with van der Waals surface area (Å²) in [4.78, 5) is 19.5. The highest BCUT2D eigenvalue weighted by atomic mass is 35.5. The number of hydrogen-bond donors (Lipinski definition) is 0. The highest BCUT2D eigenvalue weighted by Crippen LogP contribution is 2.34. The van der Waals surface area contributed by atoms with Crippen LogP contribution in [0, 0.1) is 12.8 Å². The zero-order chi connectivity index (χ0) is 18.1. The van der Waals surface area contributed by atoms with Crippen LogP contribution in [0.15, 0.2) is 47.6 Å². The number of nitrogens with zero attached hydrogens (tertiary/aromatic N) is 2. The van der Waals surface area contributed by atoms with E-state index in [1.807, 2.05) is 38.1 Å². The van der Waals surface area contributed by atoms with E-state index in [2.05, 4.69) is 5.16 Å². The van der Waals surface area contributed by atoms with Crippen molar-refractivity contribution in [1.82, 2.24) is 0 Å². The van der Waals surface area contributed by atoms with Gasteiger partial charge in [-0.25, -0.2) is 0 Å². The summed E-state index contributed by atoms with van der Waals surface area (Å²) in [5, 5.41) is 5.20. The summed E-state index contributed by atoms with van der Waals surface area (Å²) >= 11 is 12.6. The number of anilines is 1. The lowest BCUT2D eigenvalue weighted by Gasteiger charge is -2.29. The molecule has 1 aliphatic rings. The monoisotopic (exact) mass is 376 g/mol. The second kappa shape index (κ2) is 7.06. The number of rotatable bonds is 3. The molecule has 3 rings (SSSR count). The maximum absolute atomic E-state index is 12.3. The third-order valence-corrected chi connectivity index (χ3v) is 4.87. The number of carbonyl (C=O) groups is 1. The van der Waals surface area contributed by atoms with E-state index in [4.69, 9.17) is 28.0 Å². The molecule has 0 N–H and O–H groups in total. The van der Waals surface area contributed by atoms with Gasteiger partial charge in [0.15, 0.2) is 0 Å². The highest BCUT2D eigenvalue weighted by Gasteiger charge is 2.39. The Morgan fingerprint density at radius 3 is 2.28 bits per heavy atom. The van der Waals surface area contributed by atoms with Gasteiger partial charge in [-0.2, -0.15) is 0 Å². The van der Waals surface area contributed by atoms with Gasteiger partial charge in [-0.3, -0.25) is 9.69 Å². The van der Waals surface area contributed by atoms with Crippen molar-refractivity contribution >= 4 is 40.5 Å². The van der Waals surface area contributed by atoms with Gasteiger partial charge < -0.3 is 4.84 Å². The van der Waals surface area contributed by atoms with Crippen molar-refractivity contribution in [3.05, 3.63) is 63.6 Å². The van der Waals surface area contributed by atoms with Crippen LogP contribution in [0.1, 0.15) is 25.0 Å². The van der Waals surface area contributed by atoms with Crippen LogP contribution in [0.25, 0.3) is 0 Å². The van der Waals surface area contributed by atoms with Crippen LogP contribution in [0.5, 0.6) is 0 Å². The summed E-state index contributed by atoms with van der Waals surface area (Å²) in [5.41, 5.74) is 3.16. The summed E-state index contributed by atoms with van der Waals surface area (Å²) in [5.74, 6) is -0.315. The Kier molecular flexibility index (Phi) is 5.02. The van der Waals surface area contributed by atoms with Gasteiger partial charge in [-0.05, 0) is 31.2 Å². The van der Waals surface area contributed by atoms with Crippen LogP contribution in [-0.2, 0) is 9.63 Å². The normalized spacial score (nSPS) is 19.3. The second-order valence-corrected chi connectivity index (χ2v) is 6.90. The Morgan fingerprint density at radius 2 is 1.72 bits per heavy atom. The number of oxime groups is 1. The number of halogens is 2. The number of aryl methyl sites for hydroxylation is 1. The fourth-order valence-corrected chi connectivity index (χ4v) is 3.51. The van der Waals surface area contributed by atoms with Crippen molar-refractivity contribution < 1.29 is 9.63 Å². The molecule has 0 spiro atoms. The van der Waals surface area contributed by atoms with E-state index in [0.29, 0.717) is 21.3 Å². The molecule has 0 radical (unpaired) electrons. The minimum Gasteiger partial charge on any atom is -0.369 e. The molecule has 0 saturated carbocycles. The number of carbonyl (C=O) groups excluding carboxylic acids is 1. The Balaban J connectivity index is 1.94. The van der Waals surface area contributed by atoms with Gasteiger partial charge in [0, 0.05) is 18.2 Å². The largest absolute Gasteiger partial charge is 0.369 e. The average Bonchev–Trinajstić information content (AvgIpc) is 2.91. The molecule has 0 saturated heterocycles. The molecule has 2 atom stereocenters. The molecule has 25 heavy (non-hydrogen) atoms. The Morgan fingerprint density at radius 1 is 1.12 bits per heavy atom. The number of amides is 1. The summed E-state index contributed by atoms with van der Waals surface area (Å²) in [6, 6.07) is 13.0. The topological polar surface area (TPSA) is 41.9 Å². The molecule has 2 aromatic carbocycles. The third kappa shape index (κ3) is 3.37. The molecule has 1 amide bonds. The Bertz CT molecular complexity index is 814. The van der Waals surface area contributed by atoms with Gasteiger partial charge >= 0.3 is 0 Å². The van der Waals surface area contributed by atoms with E-state index in [0.717, 1.165) is 11.3 Å². The molecular weight excluding hydrogens is 359 g/mol. The molecule has 130 valence electrons. The summed E-state index contributed by atoms with van der Waals surface area (Å²) < 4.78 is 0. The first kappa shape index (κ1) is 17.8. The minimum absolute atomic E-state index is 0.123. The van der Waals surface area contributed by atoms with Crippen LogP contribution in [0.2, 0.25) is 10.0 Å². The fraction of sp³-hybridized carbons (Fsp3) is 0.263. The van der Waals surface area contributed by atoms with E-state index < -0.39 is 6.23 Å². The summed E-state index contributed by atoms with van der Waals surface area (Å²) in [7, 11) is 0. The van der Waals surface area contributed by atoms with Crippen molar-refractivity contribution in [1.29, 1.82) is 0 Å². The van der Waals surface area contributed by atoms with Gasteiger partial charge in [0.1, 0.15) is 0 Å². The van der Waals surface area contributed by atoms with E-state index >= 15 is 0 Å². The smallest absolute Gasteiger partial charge is 0.226 e. The van der Waals surface area contributed by atoms with Crippen molar-refractivity contribution in [2.75, 3.05) is 4.90 Å².